The third kappa shape index (κ3) is 2.09. The lowest BCUT2D eigenvalue weighted by atomic mass is 10.1. The van der Waals surface area contributed by atoms with Gasteiger partial charge in [0.05, 0.1) is 18.2 Å². The average molecular weight is 136 g/mol. The second kappa shape index (κ2) is 3.25. The Kier molecular flexibility index (Phi) is 2.93. The number of nitrogens with zero attached hydrogens (tertiary/aromatic N) is 2. The van der Waals surface area contributed by atoms with Crippen molar-refractivity contribution in [2.75, 3.05) is 13.6 Å². The smallest absolute Gasteiger partial charge is 0.0875 e. The molecule has 0 radical (unpaired) electrons. The maximum Gasteiger partial charge on any atom is 0.0875 e. The van der Waals surface area contributed by atoms with Crippen molar-refractivity contribution in [1.29, 1.82) is 5.26 Å². The van der Waals surface area contributed by atoms with Crippen molar-refractivity contribution >= 4 is 0 Å². The maximum atomic E-state index is 8.34. The monoisotopic (exact) mass is 136 g/mol. The highest BCUT2D eigenvalue weighted by Gasteiger charge is 2.18. The van der Waals surface area contributed by atoms with E-state index in [4.69, 9.17) is 11.7 Å². The molecule has 0 aliphatic carbocycles. The van der Waals surface area contributed by atoms with E-state index < -0.39 is 0 Å². The van der Waals surface area contributed by atoms with Crippen LogP contribution in [0, 0.1) is 23.7 Å². The van der Waals surface area contributed by atoms with Crippen molar-refractivity contribution in [2.45, 2.75) is 19.4 Å². The highest BCUT2D eigenvalue weighted by molar-refractivity contribution is 5.08. The molecule has 0 unspecified atom stereocenters. The van der Waals surface area contributed by atoms with Crippen LogP contribution in [0.1, 0.15) is 13.8 Å². The van der Waals surface area contributed by atoms with E-state index in [1.807, 2.05) is 31.9 Å². The molecule has 2 nitrogen and oxygen atoms in total. The summed E-state index contributed by atoms with van der Waals surface area (Å²) in [6.45, 7) is 4.19. The van der Waals surface area contributed by atoms with Crippen LogP contribution in [0.25, 0.3) is 0 Å². The van der Waals surface area contributed by atoms with Crippen molar-refractivity contribution in [2.24, 2.45) is 0 Å². The molecule has 0 saturated heterocycles. The van der Waals surface area contributed by atoms with Crippen LogP contribution >= 0.6 is 0 Å². The molecule has 54 valence electrons. The molecule has 0 aliphatic rings. The fourth-order valence-corrected chi connectivity index (χ4v) is 0.414. The lowest BCUT2D eigenvalue weighted by Crippen LogP contribution is -2.39. The largest absolute Gasteiger partial charge is 0.278 e. The first-order valence-corrected chi connectivity index (χ1v) is 3.10. The molecule has 0 aromatic heterocycles. The molecule has 10 heavy (non-hydrogen) atoms. The number of hydrogen-bond acceptors (Lipinski definition) is 2. The number of hydrogen-bond donors (Lipinski definition) is 0. The fourth-order valence-electron chi connectivity index (χ4n) is 0.414. The van der Waals surface area contributed by atoms with Gasteiger partial charge in [-0.05, 0) is 20.9 Å². The highest BCUT2D eigenvalue weighted by atomic mass is 15.1. The first kappa shape index (κ1) is 9.01. The standard InChI is InChI=1S/C8H12N2/c1-5-8(2,3)10(4)7-6-9/h1H,7H2,2-4H3. The van der Waals surface area contributed by atoms with E-state index in [-0.39, 0.29) is 5.54 Å². The maximum absolute atomic E-state index is 8.34. The van der Waals surface area contributed by atoms with Gasteiger partial charge in [0, 0.05) is 0 Å². The predicted molar refractivity (Wildman–Crippen MR) is 41.2 cm³/mol. The molecule has 0 saturated carbocycles. The van der Waals surface area contributed by atoms with Gasteiger partial charge >= 0.3 is 0 Å². The van der Waals surface area contributed by atoms with Gasteiger partial charge in [-0.15, -0.1) is 6.42 Å². The van der Waals surface area contributed by atoms with E-state index in [9.17, 15) is 0 Å². The Morgan fingerprint density at radius 2 is 2.10 bits per heavy atom. The van der Waals surface area contributed by atoms with Gasteiger partial charge in [0.2, 0.25) is 0 Å². The topological polar surface area (TPSA) is 27.0 Å². The molecule has 2 heteroatoms. The number of nitriles is 1. The summed E-state index contributed by atoms with van der Waals surface area (Å²) in [6.07, 6.45) is 5.24. The molecular weight excluding hydrogens is 124 g/mol. The lowest BCUT2D eigenvalue weighted by Gasteiger charge is -2.27. The quantitative estimate of drug-likeness (QED) is 0.415. The average Bonchev–Trinajstić information content (AvgIpc) is 1.89. The van der Waals surface area contributed by atoms with E-state index in [0.717, 1.165) is 0 Å². The molecule has 0 heterocycles. The third-order valence-electron chi connectivity index (χ3n) is 1.62. The highest BCUT2D eigenvalue weighted by Crippen LogP contribution is 2.08. The minimum absolute atomic E-state index is 0.310. The normalized spacial score (nSPS) is 10.6. The summed E-state index contributed by atoms with van der Waals surface area (Å²) in [6, 6.07) is 2.04. The van der Waals surface area contributed by atoms with E-state index in [2.05, 4.69) is 5.92 Å². The van der Waals surface area contributed by atoms with Gasteiger partial charge in [0.25, 0.3) is 0 Å². The zero-order chi connectivity index (χ0) is 8.20. The predicted octanol–water partition coefficient (Wildman–Crippen LogP) is 0.854. The first-order valence-electron chi connectivity index (χ1n) is 3.10. The van der Waals surface area contributed by atoms with Gasteiger partial charge in [-0.25, -0.2) is 0 Å². The SMILES string of the molecule is C#CC(C)(C)N(C)CC#N. The molecule has 0 bridgehead atoms. The van der Waals surface area contributed by atoms with Crippen LogP contribution in [0.5, 0.6) is 0 Å². The third-order valence-corrected chi connectivity index (χ3v) is 1.62. The van der Waals surface area contributed by atoms with Crippen molar-refractivity contribution in [3.63, 3.8) is 0 Å². The van der Waals surface area contributed by atoms with Gasteiger partial charge in [0.15, 0.2) is 0 Å². The Hall–Kier alpha value is -0.990. The van der Waals surface area contributed by atoms with E-state index in [1.54, 1.807) is 0 Å². The van der Waals surface area contributed by atoms with Crippen molar-refractivity contribution in [1.82, 2.24) is 4.90 Å². The summed E-state index contributed by atoms with van der Waals surface area (Å²) in [5.41, 5.74) is -0.310. The molecule has 0 aromatic carbocycles. The van der Waals surface area contributed by atoms with Crippen LogP contribution in [0.15, 0.2) is 0 Å². The van der Waals surface area contributed by atoms with E-state index in [0.29, 0.717) is 6.54 Å². The second-order valence-electron chi connectivity index (χ2n) is 2.72. The molecule has 0 rings (SSSR count). The first-order chi connectivity index (χ1) is 4.54. The Morgan fingerprint density at radius 3 is 2.40 bits per heavy atom. The van der Waals surface area contributed by atoms with Crippen molar-refractivity contribution in [3.8, 4) is 18.4 Å². The Labute approximate surface area is 62.4 Å². The van der Waals surface area contributed by atoms with Crippen LogP contribution in [0.4, 0.5) is 0 Å². The molecular formula is C8H12N2. The minimum Gasteiger partial charge on any atom is -0.278 e. The summed E-state index contributed by atoms with van der Waals surface area (Å²) in [5.74, 6) is 2.60. The summed E-state index contributed by atoms with van der Waals surface area (Å²) in [4.78, 5) is 1.83. The van der Waals surface area contributed by atoms with Crippen LogP contribution in [-0.2, 0) is 0 Å². The second-order valence-corrected chi connectivity index (χ2v) is 2.72. The van der Waals surface area contributed by atoms with Crippen LogP contribution in [0.2, 0.25) is 0 Å². The fraction of sp³-hybridized carbons (Fsp3) is 0.625. The van der Waals surface area contributed by atoms with Gasteiger partial charge in [-0.3, -0.25) is 4.90 Å². The molecule has 0 aliphatic heterocycles. The molecule has 0 fully saturated rings. The summed E-state index contributed by atoms with van der Waals surface area (Å²) >= 11 is 0. The van der Waals surface area contributed by atoms with Crippen LogP contribution in [-0.4, -0.2) is 24.0 Å². The van der Waals surface area contributed by atoms with Crippen molar-refractivity contribution < 1.29 is 0 Å². The zero-order valence-electron chi connectivity index (χ0n) is 6.68. The summed E-state index contributed by atoms with van der Waals surface area (Å²) in [5, 5.41) is 8.34. The Balaban J connectivity index is 4.10. The number of rotatable bonds is 2. The van der Waals surface area contributed by atoms with Gasteiger partial charge in [-0.1, -0.05) is 5.92 Å². The Morgan fingerprint density at radius 1 is 1.60 bits per heavy atom. The molecule has 0 amide bonds. The molecule has 0 spiro atoms. The minimum atomic E-state index is -0.310. The van der Waals surface area contributed by atoms with Gasteiger partial charge < -0.3 is 0 Å². The zero-order valence-corrected chi connectivity index (χ0v) is 6.68. The lowest BCUT2D eigenvalue weighted by molar-refractivity contribution is 0.240. The Bertz CT molecular complexity index is 180. The van der Waals surface area contributed by atoms with Gasteiger partial charge in [0.1, 0.15) is 0 Å². The molecule has 0 N–H and O–H groups in total. The van der Waals surface area contributed by atoms with Gasteiger partial charge in [-0.2, -0.15) is 5.26 Å². The molecule has 0 atom stereocenters. The van der Waals surface area contributed by atoms with Crippen LogP contribution < -0.4 is 0 Å². The molecule has 0 aromatic rings. The summed E-state index contributed by atoms with van der Waals surface area (Å²) < 4.78 is 0. The van der Waals surface area contributed by atoms with Crippen LogP contribution in [0.3, 0.4) is 0 Å². The van der Waals surface area contributed by atoms with E-state index in [1.165, 1.54) is 0 Å². The number of terminal acetylenes is 1. The van der Waals surface area contributed by atoms with E-state index >= 15 is 0 Å². The van der Waals surface area contributed by atoms with Crippen molar-refractivity contribution in [3.05, 3.63) is 0 Å². The summed E-state index contributed by atoms with van der Waals surface area (Å²) in [7, 11) is 1.84.